The summed E-state index contributed by atoms with van der Waals surface area (Å²) < 4.78 is 25.4. The van der Waals surface area contributed by atoms with Gasteiger partial charge in [-0.15, -0.1) is 0 Å². The second-order valence-corrected chi connectivity index (χ2v) is 7.07. The molecule has 0 fully saturated rings. The highest BCUT2D eigenvalue weighted by atomic mass is 79.9. The molecule has 0 aliphatic carbocycles. The molecular weight excluding hydrogens is 369 g/mol. The van der Waals surface area contributed by atoms with E-state index in [1.807, 2.05) is 0 Å². The van der Waals surface area contributed by atoms with Crippen LogP contribution in [0, 0.1) is 0 Å². The highest BCUT2D eigenvalue weighted by Crippen LogP contribution is 2.34. The maximum atomic E-state index is 12.1. The van der Waals surface area contributed by atoms with Gasteiger partial charge in [-0.05, 0) is 12.1 Å². The van der Waals surface area contributed by atoms with Gasteiger partial charge in [0.15, 0.2) is 0 Å². The van der Waals surface area contributed by atoms with Crippen LogP contribution in [0.3, 0.4) is 0 Å². The molecule has 0 saturated heterocycles. The molecule has 0 bridgehead atoms. The normalized spacial score (nSPS) is 11.8. The summed E-state index contributed by atoms with van der Waals surface area (Å²) in [6.45, 7) is -0.676. The number of aliphatic carboxylic acids is 1. The van der Waals surface area contributed by atoms with Crippen molar-refractivity contribution in [3.63, 3.8) is 0 Å². The number of nitrogens with zero attached hydrogens (tertiary/aromatic N) is 1. The van der Waals surface area contributed by atoms with E-state index in [4.69, 9.17) is 28.3 Å². The van der Waals surface area contributed by atoms with Crippen molar-refractivity contribution < 1.29 is 18.3 Å². The van der Waals surface area contributed by atoms with Crippen molar-refractivity contribution >= 4 is 55.1 Å². The van der Waals surface area contributed by atoms with E-state index in [0.717, 1.165) is 7.05 Å². The van der Waals surface area contributed by atoms with Crippen LogP contribution in [0.2, 0.25) is 10.0 Å². The van der Waals surface area contributed by atoms with Gasteiger partial charge in [0.05, 0.1) is 10.0 Å². The molecule has 100 valence electrons. The third kappa shape index (κ3) is 3.36. The van der Waals surface area contributed by atoms with E-state index in [1.165, 1.54) is 12.1 Å². The Morgan fingerprint density at radius 1 is 1.39 bits per heavy atom. The number of halogens is 3. The zero-order valence-electron chi connectivity index (χ0n) is 9.02. The molecular formula is C9H8BrCl2NO4S. The van der Waals surface area contributed by atoms with Crippen LogP contribution < -0.4 is 0 Å². The molecule has 0 radical (unpaired) electrons. The van der Waals surface area contributed by atoms with Gasteiger partial charge in [0, 0.05) is 11.5 Å². The molecule has 0 spiro atoms. The molecule has 0 aliphatic heterocycles. The predicted molar refractivity (Wildman–Crippen MR) is 71.6 cm³/mol. The van der Waals surface area contributed by atoms with Crippen LogP contribution in [0.25, 0.3) is 0 Å². The largest absolute Gasteiger partial charge is 0.480 e. The van der Waals surface area contributed by atoms with Gasteiger partial charge in [-0.1, -0.05) is 39.1 Å². The monoisotopic (exact) mass is 375 g/mol. The quantitative estimate of drug-likeness (QED) is 0.875. The summed E-state index contributed by atoms with van der Waals surface area (Å²) in [5.41, 5.74) is 0. The lowest BCUT2D eigenvalue weighted by molar-refractivity contribution is -0.137. The second-order valence-electron chi connectivity index (χ2n) is 3.35. The average molecular weight is 377 g/mol. The van der Waals surface area contributed by atoms with E-state index >= 15 is 0 Å². The van der Waals surface area contributed by atoms with Gasteiger partial charge in [-0.2, -0.15) is 4.31 Å². The average Bonchev–Trinajstić information content (AvgIpc) is 2.13. The number of hydrogen-bond donors (Lipinski definition) is 1. The summed E-state index contributed by atoms with van der Waals surface area (Å²) in [4.78, 5) is 10.2. The third-order valence-electron chi connectivity index (χ3n) is 1.99. The Balaban J connectivity index is 3.33. The molecule has 9 heteroatoms. The Morgan fingerprint density at radius 2 is 1.83 bits per heavy atom. The van der Waals surface area contributed by atoms with Gasteiger partial charge in [0.1, 0.15) is 11.4 Å². The van der Waals surface area contributed by atoms with E-state index in [9.17, 15) is 13.2 Å². The first-order valence-electron chi connectivity index (χ1n) is 4.49. The van der Waals surface area contributed by atoms with E-state index < -0.39 is 22.5 Å². The molecule has 1 N–H and O–H groups in total. The summed E-state index contributed by atoms with van der Waals surface area (Å²) in [7, 11) is -2.91. The Morgan fingerprint density at radius 3 is 2.22 bits per heavy atom. The fraction of sp³-hybridized carbons (Fsp3) is 0.222. The Kier molecular flexibility index (Phi) is 5.02. The first-order chi connectivity index (χ1) is 8.16. The van der Waals surface area contributed by atoms with Crippen molar-refractivity contribution in [3.8, 4) is 0 Å². The molecule has 0 atom stereocenters. The molecule has 18 heavy (non-hydrogen) atoms. The molecule has 1 rings (SSSR count). The van der Waals surface area contributed by atoms with Gasteiger partial charge in [0.2, 0.25) is 10.0 Å². The lowest BCUT2D eigenvalue weighted by Gasteiger charge is -2.17. The first-order valence-corrected chi connectivity index (χ1v) is 7.48. The molecule has 5 nitrogen and oxygen atoms in total. The van der Waals surface area contributed by atoms with Crippen molar-refractivity contribution in [1.82, 2.24) is 4.31 Å². The molecule has 0 saturated carbocycles. The predicted octanol–water partition coefficient (Wildman–Crippen LogP) is 2.46. The number of carboxylic acids is 1. The zero-order chi connectivity index (χ0) is 14.1. The maximum Gasteiger partial charge on any atom is 0.318 e. The SMILES string of the molecule is CN(CC(=O)O)S(=O)(=O)c1c(Cl)cc(Br)cc1Cl. The fourth-order valence-corrected chi connectivity index (χ4v) is 4.20. The number of benzene rings is 1. The van der Waals surface area contributed by atoms with Crippen LogP contribution in [0.1, 0.15) is 0 Å². The molecule has 1 aromatic carbocycles. The Labute approximate surface area is 122 Å². The smallest absolute Gasteiger partial charge is 0.318 e. The van der Waals surface area contributed by atoms with Gasteiger partial charge in [0.25, 0.3) is 0 Å². The summed E-state index contributed by atoms with van der Waals surface area (Å²) in [6, 6.07) is 2.74. The lowest BCUT2D eigenvalue weighted by Crippen LogP contribution is -2.32. The van der Waals surface area contributed by atoms with Crippen LogP contribution in [0.5, 0.6) is 0 Å². The van der Waals surface area contributed by atoms with Gasteiger partial charge in [-0.3, -0.25) is 4.79 Å². The van der Waals surface area contributed by atoms with E-state index in [1.54, 1.807) is 0 Å². The van der Waals surface area contributed by atoms with E-state index in [-0.39, 0.29) is 14.9 Å². The van der Waals surface area contributed by atoms with Crippen LogP contribution in [-0.4, -0.2) is 37.4 Å². The van der Waals surface area contributed by atoms with Gasteiger partial charge < -0.3 is 5.11 Å². The summed E-state index contributed by atoms with van der Waals surface area (Å²) in [6.07, 6.45) is 0. The van der Waals surface area contributed by atoms with Crippen LogP contribution >= 0.6 is 39.1 Å². The highest BCUT2D eigenvalue weighted by molar-refractivity contribution is 9.10. The Hall–Kier alpha value is -0.340. The number of carboxylic acid groups (broad SMARTS) is 1. The summed E-state index contributed by atoms with van der Waals surface area (Å²) in [5, 5.41) is 8.44. The summed E-state index contributed by atoms with van der Waals surface area (Å²) >= 11 is 14.8. The zero-order valence-corrected chi connectivity index (χ0v) is 12.9. The van der Waals surface area contributed by atoms with Crippen LogP contribution in [0.15, 0.2) is 21.5 Å². The fourth-order valence-electron chi connectivity index (χ4n) is 1.21. The number of rotatable bonds is 4. The molecule has 0 aliphatic rings. The van der Waals surface area contributed by atoms with Gasteiger partial charge in [-0.25, -0.2) is 8.42 Å². The minimum atomic E-state index is -4.04. The van der Waals surface area contributed by atoms with Crippen molar-refractivity contribution in [2.75, 3.05) is 13.6 Å². The van der Waals surface area contributed by atoms with Crippen LogP contribution in [0.4, 0.5) is 0 Å². The highest BCUT2D eigenvalue weighted by Gasteiger charge is 2.28. The van der Waals surface area contributed by atoms with E-state index in [2.05, 4.69) is 15.9 Å². The number of sulfonamides is 1. The van der Waals surface area contributed by atoms with Crippen molar-refractivity contribution in [2.45, 2.75) is 4.90 Å². The third-order valence-corrected chi connectivity index (χ3v) is 5.17. The Bertz CT molecular complexity index is 567. The summed E-state index contributed by atoms with van der Waals surface area (Å²) in [5.74, 6) is -1.27. The topological polar surface area (TPSA) is 74.7 Å². The molecule has 0 heterocycles. The van der Waals surface area contributed by atoms with Gasteiger partial charge >= 0.3 is 5.97 Å². The molecule has 1 aromatic rings. The molecule has 0 unspecified atom stereocenters. The standard InChI is InChI=1S/C9H8BrCl2NO4S/c1-13(4-8(14)15)18(16,17)9-6(11)2-5(10)3-7(9)12/h2-3H,4H2,1H3,(H,14,15). The van der Waals surface area contributed by atoms with Crippen molar-refractivity contribution in [1.29, 1.82) is 0 Å². The number of carbonyl (C=O) groups is 1. The minimum absolute atomic E-state index is 0.0772. The number of likely N-dealkylation sites (N-methyl/N-ethyl adjacent to an activating group) is 1. The van der Waals surface area contributed by atoms with Crippen molar-refractivity contribution in [3.05, 3.63) is 26.7 Å². The number of hydrogen-bond acceptors (Lipinski definition) is 3. The minimum Gasteiger partial charge on any atom is -0.480 e. The lowest BCUT2D eigenvalue weighted by atomic mass is 10.4. The second kappa shape index (κ2) is 5.75. The van der Waals surface area contributed by atoms with E-state index in [0.29, 0.717) is 8.78 Å². The maximum absolute atomic E-state index is 12.1. The van der Waals surface area contributed by atoms with Crippen molar-refractivity contribution in [2.24, 2.45) is 0 Å². The molecule has 0 amide bonds. The van der Waals surface area contributed by atoms with Crippen LogP contribution in [-0.2, 0) is 14.8 Å². The molecule has 0 aromatic heterocycles. The first kappa shape index (κ1) is 15.7.